The van der Waals surface area contributed by atoms with Gasteiger partial charge in [-0.15, -0.1) is 0 Å². The Morgan fingerprint density at radius 1 is 1.44 bits per heavy atom. The van der Waals surface area contributed by atoms with E-state index in [9.17, 15) is 0 Å². The molecule has 0 amide bonds. The van der Waals surface area contributed by atoms with Gasteiger partial charge in [0.1, 0.15) is 11.6 Å². The lowest BCUT2D eigenvalue weighted by molar-refractivity contribution is 0.406. The van der Waals surface area contributed by atoms with Crippen molar-refractivity contribution in [2.45, 2.75) is 26.4 Å². The summed E-state index contributed by atoms with van der Waals surface area (Å²) in [4.78, 5) is 4.34. The van der Waals surface area contributed by atoms with Crippen LogP contribution in [0.3, 0.4) is 0 Å². The average molecular weight is 245 g/mol. The Balaban J connectivity index is 2.42. The normalized spacial score (nSPS) is 12.4. The van der Waals surface area contributed by atoms with Gasteiger partial charge in [0.05, 0.1) is 13.2 Å². The fourth-order valence-electron chi connectivity index (χ4n) is 2.08. The third-order valence-electron chi connectivity index (χ3n) is 3.09. The Labute approximate surface area is 107 Å². The van der Waals surface area contributed by atoms with Gasteiger partial charge in [0.2, 0.25) is 0 Å². The van der Waals surface area contributed by atoms with Gasteiger partial charge in [-0.3, -0.25) is 0 Å². The molecular formula is C14H19N3O. The molecule has 2 N–H and O–H groups in total. The van der Waals surface area contributed by atoms with E-state index < -0.39 is 0 Å². The monoisotopic (exact) mass is 245 g/mol. The number of methoxy groups -OCH3 is 1. The number of hydrogen-bond donors (Lipinski definition) is 1. The van der Waals surface area contributed by atoms with E-state index in [0.29, 0.717) is 0 Å². The van der Waals surface area contributed by atoms with Gasteiger partial charge >= 0.3 is 0 Å². The first-order valence-corrected chi connectivity index (χ1v) is 6.08. The Bertz CT molecular complexity index is 534. The van der Waals surface area contributed by atoms with E-state index in [-0.39, 0.29) is 6.04 Å². The van der Waals surface area contributed by atoms with E-state index >= 15 is 0 Å². The molecular weight excluding hydrogens is 226 g/mol. The molecule has 0 spiro atoms. The number of benzene rings is 1. The smallest absolute Gasteiger partial charge is 0.130 e. The van der Waals surface area contributed by atoms with Crippen LogP contribution in [0.2, 0.25) is 0 Å². The van der Waals surface area contributed by atoms with Gasteiger partial charge in [-0.1, -0.05) is 12.1 Å². The van der Waals surface area contributed by atoms with Crippen molar-refractivity contribution < 1.29 is 4.74 Å². The van der Waals surface area contributed by atoms with Crippen molar-refractivity contribution in [3.05, 3.63) is 47.5 Å². The lowest BCUT2D eigenvalue weighted by atomic mass is 10.0. The van der Waals surface area contributed by atoms with Crippen molar-refractivity contribution in [3.63, 3.8) is 0 Å². The van der Waals surface area contributed by atoms with Crippen LogP contribution in [-0.2, 0) is 6.54 Å². The molecule has 4 nitrogen and oxygen atoms in total. The van der Waals surface area contributed by atoms with Gasteiger partial charge in [0.25, 0.3) is 0 Å². The Morgan fingerprint density at radius 3 is 2.89 bits per heavy atom. The van der Waals surface area contributed by atoms with Crippen LogP contribution in [0.25, 0.3) is 0 Å². The van der Waals surface area contributed by atoms with Gasteiger partial charge in [-0.05, 0) is 25.5 Å². The molecule has 0 saturated heterocycles. The summed E-state index contributed by atoms with van der Waals surface area (Å²) < 4.78 is 7.45. The van der Waals surface area contributed by atoms with Crippen LogP contribution < -0.4 is 10.5 Å². The Morgan fingerprint density at radius 2 is 2.22 bits per heavy atom. The van der Waals surface area contributed by atoms with Crippen LogP contribution in [0, 0.1) is 6.92 Å². The first-order chi connectivity index (χ1) is 8.67. The minimum atomic E-state index is -0.268. The minimum absolute atomic E-state index is 0.268. The molecule has 96 valence electrons. The number of rotatable bonds is 4. The maximum absolute atomic E-state index is 6.30. The number of nitrogens with two attached hydrogens (primary N) is 1. The van der Waals surface area contributed by atoms with Gasteiger partial charge in [0.15, 0.2) is 0 Å². The highest BCUT2D eigenvalue weighted by Gasteiger charge is 2.18. The lowest BCUT2D eigenvalue weighted by Gasteiger charge is -2.17. The number of hydrogen-bond acceptors (Lipinski definition) is 3. The molecule has 2 aromatic rings. The van der Waals surface area contributed by atoms with E-state index in [4.69, 9.17) is 10.5 Å². The zero-order chi connectivity index (χ0) is 13.1. The molecule has 0 aliphatic heterocycles. The maximum Gasteiger partial charge on any atom is 0.130 e. The Kier molecular flexibility index (Phi) is 3.67. The summed E-state index contributed by atoms with van der Waals surface area (Å²) in [5.74, 6) is 1.67. The maximum atomic E-state index is 6.30. The summed E-state index contributed by atoms with van der Waals surface area (Å²) in [5, 5.41) is 0. The summed E-state index contributed by atoms with van der Waals surface area (Å²) in [6.07, 6.45) is 3.72. The fourth-order valence-corrected chi connectivity index (χ4v) is 2.08. The molecule has 0 fully saturated rings. The molecule has 2 rings (SSSR count). The lowest BCUT2D eigenvalue weighted by Crippen LogP contribution is -2.18. The van der Waals surface area contributed by atoms with E-state index in [1.165, 1.54) is 0 Å². The number of nitrogens with zero attached hydrogens (tertiary/aromatic N) is 2. The van der Waals surface area contributed by atoms with E-state index in [2.05, 4.69) is 11.9 Å². The molecule has 1 aromatic carbocycles. The molecule has 1 heterocycles. The third kappa shape index (κ3) is 2.24. The van der Waals surface area contributed by atoms with Crippen LogP contribution in [0.1, 0.15) is 29.9 Å². The minimum Gasteiger partial charge on any atom is -0.496 e. The number of imidazole rings is 1. The topological polar surface area (TPSA) is 53.1 Å². The van der Waals surface area contributed by atoms with Crippen molar-refractivity contribution in [3.8, 4) is 5.75 Å². The van der Waals surface area contributed by atoms with E-state index in [1.807, 2.05) is 35.9 Å². The summed E-state index contributed by atoms with van der Waals surface area (Å²) in [5.41, 5.74) is 8.42. The standard InChI is InChI=1S/C14H19N3O/c1-4-17-8-7-16-14(17)13(15)11-6-5-10(2)9-12(11)18-3/h5-9,13H,4,15H2,1-3H3. The summed E-state index contributed by atoms with van der Waals surface area (Å²) in [6.45, 7) is 4.96. The number of aromatic nitrogens is 2. The first-order valence-electron chi connectivity index (χ1n) is 6.08. The van der Waals surface area contributed by atoms with E-state index in [1.54, 1.807) is 13.3 Å². The Hall–Kier alpha value is -1.81. The van der Waals surface area contributed by atoms with Crippen molar-refractivity contribution in [2.75, 3.05) is 7.11 Å². The highest BCUT2D eigenvalue weighted by atomic mass is 16.5. The summed E-state index contributed by atoms with van der Waals surface area (Å²) in [6, 6.07) is 5.77. The molecule has 4 heteroatoms. The van der Waals surface area contributed by atoms with Gasteiger partial charge in [-0.2, -0.15) is 0 Å². The second-order valence-corrected chi connectivity index (χ2v) is 4.29. The molecule has 18 heavy (non-hydrogen) atoms. The number of aryl methyl sites for hydroxylation is 2. The molecule has 1 atom stereocenters. The average Bonchev–Trinajstić information content (AvgIpc) is 2.86. The quantitative estimate of drug-likeness (QED) is 0.899. The summed E-state index contributed by atoms with van der Waals surface area (Å²) in [7, 11) is 1.66. The molecule has 0 radical (unpaired) electrons. The second kappa shape index (κ2) is 5.23. The predicted octanol–water partition coefficient (Wildman–Crippen LogP) is 2.27. The molecule has 0 bridgehead atoms. The molecule has 0 aliphatic rings. The van der Waals surface area contributed by atoms with Crippen molar-refractivity contribution in [1.82, 2.24) is 9.55 Å². The highest BCUT2D eigenvalue weighted by molar-refractivity contribution is 5.41. The van der Waals surface area contributed by atoms with E-state index in [0.717, 1.165) is 29.2 Å². The molecule has 1 aromatic heterocycles. The van der Waals surface area contributed by atoms with Crippen LogP contribution in [-0.4, -0.2) is 16.7 Å². The molecule has 1 unspecified atom stereocenters. The highest BCUT2D eigenvalue weighted by Crippen LogP contribution is 2.28. The van der Waals surface area contributed by atoms with Crippen molar-refractivity contribution in [2.24, 2.45) is 5.73 Å². The fraction of sp³-hybridized carbons (Fsp3) is 0.357. The SMILES string of the molecule is CCn1ccnc1C(N)c1ccc(C)cc1OC. The van der Waals surface area contributed by atoms with Crippen molar-refractivity contribution >= 4 is 0 Å². The van der Waals surface area contributed by atoms with Crippen LogP contribution in [0.15, 0.2) is 30.6 Å². The first kappa shape index (κ1) is 12.6. The van der Waals surface area contributed by atoms with Gasteiger partial charge < -0.3 is 15.0 Å². The van der Waals surface area contributed by atoms with Crippen LogP contribution in [0.4, 0.5) is 0 Å². The zero-order valence-corrected chi connectivity index (χ0v) is 11.1. The van der Waals surface area contributed by atoms with Gasteiger partial charge in [-0.25, -0.2) is 4.98 Å². The third-order valence-corrected chi connectivity index (χ3v) is 3.09. The zero-order valence-electron chi connectivity index (χ0n) is 11.1. The largest absolute Gasteiger partial charge is 0.496 e. The van der Waals surface area contributed by atoms with Gasteiger partial charge in [0, 0.05) is 24.5 Å². The predicted molar refractivity (Wildman–Crippen MR) is 71.7 cm³/mol. The van der Waals surface area contributed by atoms with Crippen LogP contribution >= 0.6 is 0 Å². The molecule has 0 saturated carbocycles. The van der Waals surface area contributed by atoms with Crippen molar-refractivity contribution in [1.29, 1.82) is 0 Å². The van der Waals surface area contributed by atoms with Crippen LogP contribution in [0.5, 0.6) is 5.75 Å². The number of ether oxygens (including phenoxy) is 1. The second-order valence-electron chi connectivity index (χ2n) is 4.29. The summed E-state index contributed by atoms with van der Waals surface area (Å²) >= 11 is 0. The molecule has 0 aliphatic carbocycles.